The second-order valence-electron chi connectivity index (χ2n) is 4.39. The van der Waals surface area contributed by atoms with Crippen molar-refractivity contribution in [1.82, 2.24) is 9.88 Å². The summed E-state index contributed by atoms with van der Waals surface area (Å²) in [7, 11) is 2.12. The Morgan fingerprint density at radius 1 is 1.76 bits per heavy atom. The van der Waals surface area contributed by atoms with Gasteiger partial charge in [0.05, 0.1) is 4.92 Å². The van der Waals surface area contributed by atoms with Crippen LogP contribution in [0, 0.1) is 10.1 Å². The molecule has 0 amide bonds. The fourth-order valence-electron chi connectivity index (χ4n) is 1.65. The zero-order valence-electron chi connectivity index (χ0n) is 9.92. The van der Waals surface area contributed by atoms with Crippen LogP contribution < -0.4 is 5.32 Å². The molecule has 0 saturated heterocycles. The number of nitro groups is 1. The van der Waals surface area contributed by atoms with Gasteiger partial charge in [0.1, 0.15) is 6.20 Å². The van der Waals surface area contributed by atoms with E-state index in [0.717, 1.165) is 23.9 Å². The van der Waals surface area contributed by atoms with Gasteiger partial charge in [-0.3, -0.25) is 15.0 Å². The Morgan fingerprint density at radius 2 is 2.47 bits per heavy atom. The van der Waals surface area contributed by atoms with Crippen molar-refractivity contribution in [2.75, 3.05) is 18.9 Å². The first-order valence-electron chi connectivity index (χ1n) is 5.64. The van der Waals surface area contributed by atoms with Crippen LogP contribution in [0.15, 0.2) is 6.20 Å². The standard InChI is InChI=1S/C10H16N4O2S/c1-7(13(2)8-3-4-8)5-11-10-12-6-9(17-10)14(15)16/h6-8H,3-5H2,1-2H3,(H,11,12). The van der Waals surface area contributed by atoms with E-state index in [1.165, 1.54) is 19.0 Å². The number of rotatable bonds is 6. The maximum Gasteiger partial charge on any atom is 0.345 e. The van der Waals surface area contributed by atoms with Crippen LogP contribution in [-0.4, -0.2) is 40.5 Å². The van der Waals surface area contributed by atoms with Crippen LogP contribution in [0.3, 0.4) is 0 Å². The topological polar surface area (TPSA) is 71.3 Å². The van der Waals surface area contributed by atoms with Gasteiger partial charge in [-0.2, -0.15) is 0 Å². The molecule has 0 spiro atoms. The first-order valence-corrected chi connectivity index (χ1v) is 6.45. The molecule has 2 rings (SSSR count). The van der Waals surface area contributed by atoms with Gasteiger partial charge in [0.2, 0.25) is 0 Å². The molecule has 0 bridgehead atoms. The van der Waals surface area contributed by atoms with Gasteiger partial charge >= 0.3 is 5.00 Å². The second kappa shape index (κ2) is 4.97. The Bertz CT molecular complexity index is 405. The van der Waals surface area contributed by atoms with Crippen molar-refractivity contribution < 1.29 is 4.92 Å². The predicted octanol–water partition coefficient (Wildman–Crippen LogP) is 1.95. The van der Waals surface area contributed by atoms with Gasteiger partial charge in [0.15, 0.2) is 5.13 Å². The lowest BCUT2D eigenvalue weighted by Gasteiger charge is -2.24. The zero-order chi connectivity index (χ0) is 12.4. The first kappa shape index (κ1) is 12.3. The largest absolute Gasteiger partial charge is 0.360 e. The zero-order valence-corrected chi connectivity index (χ0v) is 10.7. The van der Waals surface area contributed by atoms with E-state index in [-0.39, 0.29) is 5.00 Å². The van der Waals surface area contributed by atoms with Gasteiger partial charge in [0, 0.05) is 18.6 Å². The molecule has 0 aliphatic heterocycles. The molecule has 17 heavy (non-hydrogen) atoms. The van der Waals surface area contributed by atoms with Crippen LogP contribution in [0.5, 0.6) is 0 Å². The highest BCUT2D eigenvalue weighted by molar-refractivity contribution is 7.18. The third-order valence-electron chi connectivity index (χ3n) is 3.04. The Kier molecular flexibility index (Phi) is 3.58. The van der Waals surface area contributed by atoms with Crippen molar-refractivity contribution in [3.8, 4) is 0 Å². The summed E-state index contributed by atoms with van der Waals surface area (Å²) >= 11 is 1.08. The third kappa shape index (κ3) is 3.13. The minimum absolute atomic E-state index is 0.0794. The van der Waals surface area contributed by atoms with Crippen molar-refractivity contribution in [2.24, 2.45) is 0 Å². The van der Waals surface area contributed by atoms with Crippen molar-refractivity contribution in [3.63, 3.8) is 0 Å². The molecule has 1 heterocycles. The highest BCUT2D eigenvalue weighted by Gasteiger charge is 2.29. The molecule has 6 nitrogen and oxygen atoms in total. The van der Waals surface area contributed by atoms with E-state index in [0.29, 0.717) is 11.2 Å². The monoisotopic (exact) mass is 256 g/mol. The molecule has 1 N–H and O–H groups in total. The number of likely N-dealkylation sites (N-methyl/N-ethyl adjacent to an activating group) is 1. The van der Waals surface area contributed by atoms with E-state index in [1.54, 1.807) is 0 Å². The molecule has 94 valence electrons. The van der Waals surface area contributed by atoms with E-state index in [2.05, 4.69) is 29.2 Å². The van der Waals surface area contributed by atoms with Crippen molar-refractivity contribution in [2.45, 2.75) is 31.8 Å². The molecule has 7 heteroatoms. The normalized spacial score (nSPS) is 17.1. The van der Waals surface area contributed by atoms with E-state index < -0.39 is 4.92 Å². The number of hydrogen-bond acceptors (Lipinski definition) is 6. The number of anilines is 1. The molecule has 1 aliphatic rings. The van der Waals surface area contributed by atoms with Crippen LogP contribution in [0.4, 0.5) is 10.1 Å². The van der Waals surface area contributed by atoms with E-state index >= 15 is 0 Å². The minimum Gasteiger partial charge on any atom is -0.360 e. The number of nitrogens with one attached hydrogen (secondary N) is 1. The maximum atomic E-state index is 10.5. The average Bonchev–Trinajstić information content (AvgIpc) is 3.03. The van der Waals surface area contributed by atoms with Gasteiger partial charge in [-0.05, 0) is 38.1 Å². The van der Waals surface area contributed by atoms with Gasteiger partial charge < -0.3 is 5.32 Å². The molecule has 1 aliphatic carbocycles. The molecule has 0 aromatic carbocycles. The molecule has 1 aromatic heterocycles. The lowest BCUT2D eigenvalue weighted by molar-refractivity contribution is -0.380. The van der Waals surface area contributed by atoms with Crippen LogP contribution in [0.1, 0.15) is 19.8 Å². The first-order chi connectivity index (χ1) is 8.08. The smallest absolute Gasteiger partial charge is 0.345 e. The van der Waals surface area contributed by atoms with Gasteiger partial charge in [-0.1, -0.05) is 0 Å². The minimum atomic E-state index is -0.414. The van der Waals surface area contributed by atoms with E-state index in [4.69, 9.17) is 0 Å². The summed E-state index contributed by atoms with van der Waals surface area (Å²) < 4.78 is 0. The van der Waals surface area contributed by atoms with Gasteiger partial charge in [-0.15, -0.1) is 0 Å². The predicted molar refractivity (Wildman–Crippen MR) is 67.5 cm³/mol. The SMILES string of the molecule is CC(CNc1ncc([N+](=O)[O-])s1)N(C)C1CC1. The van der Waals surface area contributed by atoms with Crippen LogP contribution in [-0.2, 0) is 0 Å². The third-order valence-corrected chi connectivity index (χ3v) is 3.95. The van der Waals surface area contributed by atoms with Crippen LogP contribution >= 0.6 is 11.3 Å². The summed E-state index contributed by atoms with van der Waals surface area (Å²) in [5.74, 6) is 0. The maximum absolute atomic E-state index is 10.5. The quantitative estimate of drug-likeness (QED) is 0.622. The molecule has 1 saturated carbocycles. The molecule has 0 radical (unpaired) electrons. The molecule has 1 atom stereocenters. The lowest BCUT2D eigenvalue weighted by Crippen LogP contribution is -2.36. The van der Waals surface area contributed by atoms with Gasteiger partial charge in [-0.25, -0.2) is 4.98 Å². The number of hydrogen-bond donors (Lipinski definition) is 1. The highest BCUT2D eigenvalue weighted by Crippen LogP contribution is 2.28. The Morgan fingerprint density at radius 3 is 3.00 bits per heavy atom. The Labute approximate surface area is 104 Å². The Hall–Kier alpha value is -1.21. The van der Waals surface area contributed by atoms with Gasteiger partial charge in [0.25, 0.3) is 0 Å². The summed E-state index contributed by atoms with van der Waals surface area (Å²) in [5.41, 5.74) is 0. The number of nitrogens with zero attached hydrogens (tertiary/aromatic N) is 3. The summed E-state index contributed by atoms with van der Waals surface area (Å²) in [5, 5.41) is 14.3. The van der Waals surface area contributed by atoms with Crippen molar-refractivity contribution in [1.29, 1.82) is 0 Å². The molecule has 1 unspecified atom stereocenters. The van der Waals surface area contributed by atoms with Crippen molar-refractivity contribution in [3.05, 3.63) is 16.3 Å². The molecule has 1 fully saturated rings. The van der Waals surface area contributed by atoms with E-state index in [1.807, 2.05) is 0 Å². The average molecular weight is 256 g/mol. The number of thiazole rings is 1. The fraction of sp³-hybridized carbons (Fsp3) is 0.700. The van der Waals surface area contributed by atoms with Crippen LogP contribution in [0.25, 0.3) is 0 Å². The van der Waals surface area contributed by atoms with Crippen LogP contribution in [0.2, 0.25) is 0 Å². The molecular formula is C10H16N4O2S. The summed E-state index contributed by atoms with van der Waals surface area (Å²) in [6.45, 7) is 2.91. The number of aromatic nitrogens is 1. The highest BCUT2D eigenvalue weighted by atomic mass is 32.1. The van der Waals surface area contributed by atoms with E-state index in [9.17, 15) is 10.1 Å². The fourth-order valence-corrected chi connectivity index (χ4v) is 2.29. The Balaban J connectivity index is 1.82. The second-order valence-corrected chi connectivity index (χ2v) is 5.40. The molecular weight excluding hydrogens is 240 g/mol. The lowest BCUT2D eigenvalue weighted by atomic mass is 10.3. The van der Waals surface area contributed by atoms with Crippen molar-refractivity contribution >= 4 is 21.5 Å². The summed E-state index contributed by atoms with van der Waals surface area (Å²) in [6, 6.07) is 1.13. The molecule has 1 aromatic rings. The summed E-state index contributed by atoms with van der Waals surface area (Å²) in [4.78, 5) is 16.4. The summed E-state index contributed by atoms with van der Waals surface area (Å²) in [6.07, 6.45) is 3.86.